The largest absolute Gasteiger partial charge is 0.355 e. The van der Waals surface area contributed by atoms with Crippen LogP contribution < -0.4 is 5.32 Å². The Balaban J connectivity index is 2.28. The fraction of sp³-hybridized carbons (Fsp3) is 0.143. The molecule has 1 heteroatoms. The van der Waals surface area contributed by atoms with Crippen molar-refractivity contribution in [1.82, 2.24) is 0 Å². The van der Waals surface area contributed by atoms with Gasteiger partial charge in [0, 0.05) is 11.4 Å². The molecule has 0 atom stereocenters. The van der Waals surface area contributed by atoms with Crippen LogP contribution in [0.15, 0.2) is 67.8 Å². The Hall–Kier alpha value is -2.54. The zero-order valence-electron chi connectivity index (χ0n) is 13.4. The molecule has 0 saturated heterocycles. The maximum Gasteiger partial charge on any atom is 0.0422 e. The Morgan fingerprint density at radius 3 is 2.50 bits per heavy atom. The van der Waals surface area contributed by atoms with Crippen LogP contribution in [0.1, 0.15) is 29.2 Å². The van der Waals surface area contributed by atoms with Crippen molar-refractivity contribution < 1.29 is 0 Å². The van der Waals surface area contributed by atoms with Gasteiger partial charge in [-0.2, -0.15) is 0 Å². The van der Waals surface area contributed by atoms with Crippen LogP contribution in [0.25, 0.3) is 11.8 Å². The SMILES string of the molecule is C=C/C=C\c1cccc(NC(=C)c2ccc(C)cc2)c1CC. The van der Waals surface area contributed by atoms with E-state index in [1.54, 1.807) is 6.08 Å². The highest BCUT2D eigenvalue weighted by molar-refractivity contribution is 5.78. The molecule has 0 radical (unpaired) electrons. The quantitative estimate of drug-likeness (QED) is 0.659. The first-order chi connectivity index (χ1) is 10.7. The summed E-state index contributed by atoms with van der Waals surface area (Å²) in [5.74, 6) is 0. The molecule has 0 aliphatic carbocycles. The van der Waals surface area contributed by atoms with Gasteiger partial charge < -0.3 is 5.32 Å². The fourth-order valence-electron chi connectivity index (χ4n) is 2.43. The molecule has 0 amide bonds. The molecular formula is C21H23N. The van der Waals surface area contributed by atoms with Crippen LogP contribution in [-0.2, 0) is 6.42 Å². The highest BCUT2D eigenvalue weighted by Gasteiger charge is 2.06. The maximum atomic E-state index is 4.17. The second-order valence-corrected chi connectivity index (χ2v) is 5.29. The Morgan fingerprint density at radius 2 is 1.86 bits per heavy atom. The third kappa shape index (κ3) is 3.76. The minimum Gasteiger partial charge on any atom is -0.355 e. The summed E-state index contributed by atoms with van der Waals surface area (Å²) in [6.45, 7) is 12.2. The maximum absolute atomic E-state index is 4.17. The number of rotatable bonds is 6. The van der Waals surface area contributed by atoms with E-state index in [1.807, 2.05) is 6.08 Å². The molecular weight excluding hydrogens is 266 g/mol. The van der Waals surface area contributed by atoms with E-state index in [2.05, 4.69) is 80.9 Å². The van der Waals surface area contributed by atoms with Crippen molar-refractivity contribution in [2.45, 2.75) is 20.3 Å². The Labute approximate surface area is 133 Å². The molecule has 0 fully saturated rings. The predicted octanol–water partition coefficient (Wildman–Crippen LogP) is 5.84. The minimum absolute atomic E-state index is 0.916. The van der Waals surface area contributed by atoms with Crippen LogP contribution in [0, 0.1) is 6.92 Å². The smallest absolute Gasteiger partial charge is 0.0422 e. The standard InChI is InChI=1S/C21H23N/c1-5-7-9-19-10-8-11-21(20(19)6-2)22-17(4)18-14-12-16(3)13-15-18/h5,7-15,22H,1,4,6H2,2-3H3/b9-7-. The molecule has 0 saturated carbocycles. The summed E-state index contributed by atoms with van der Waals surface area (Å²) in [6.07, 6.45) is 6.81. The summed E-state index contributed by atoms with van der Waals surface area (Å²) in [5, 5.41) is 3.46. The summed E-state index contributed by atoms with van der Waals surface area (Å²) < 4.78 is 0. The molecule has 0 unspecified atom stereocenters. The second kappa shape index (κ2) is 7.46. The molecule has 2 rings (SSSR count). The lowest BCUT2D eigenvalue weighted by Crippen LogP contribution is -2.02. The molecule has 0 aliphatic heterocycles. The monoisotopic (exact) mass is 289 g/mol. The number of hydrogen-bond donors (Lipinski definition) is 1. The van der Waals surface area contributed by atoms with Crippen molar-refractivity contribution in [2.24, 2.45) is 0 Å². The third-order valence-electron chi connectivity index (χ3n) is 3.66. The van der Waals surface area contributed by atoms with E-state index in [0.717, 1.165) is 23.4 Å². The number of aryl methyl sites for hydroxylation is 1. The van der Waals surface area contributed by atoms with Gasteiger partial charge in [0.25, 0.3) is 0 Å². The highest BCUT2D eigenvalue weighted by atomic mass is 14.9. The third-order valence-corrected chi connectivity index (χ3v) is 3.66. The summed E-state index contributed by atoms with van der Waals surface area (Å²) in [4.78, 5) is 0. The summed E-state index contributed by atoms with van der Waals surface area (Å²) >= 11 is 0. The van der Waals surface area contributed by atoms with Crippen molar-refractivity contribution in [1.29, 1.82) is 0 Å². The van der Waals surface area contributed by atoms with Crippen LogP contribution in [0.3, 0.4) is 0 Å². The molecule has 22 heavy (non-hydrogen) atoms. The molecule has 1 nitrogen and oxygen atoms in total. The van der Waals surface area contributed by atoms with Crippen molar-refractivity contribution in [2.75, 3.05) is 5.32 Å². The summed E-state index contributed by atoms with van der Waals surface area (Å²) in [6, 6.07) is 14.7. The zero-order valence-corrected chi connectivity index (χ0v) is 13.4. The van der Waals surface area contributed by atoms with Gasteiger partial charge in [-0.3, -0.25) is 0 Å². The number of allylic oxidation sites excluding steroid dienone is 2. The molecule has 1 N–H and O–H groups in total. The van der Waals surface area contributed by atoms with E-state index in [1.165, 1.54) is 16.7 Å². The molecule has 0 bridgehead atoms. The van der Waals surface area contributed by atoms with Gasteiger partial charge in [0.1, 0.15) is 0 Å². The van der Waals surface area contributed by atoms with Gasteiger partial charge in [0.2, 0.25) is 0 Å². The topological polar surface area (TPSA) is 12.0 Å². The lowest BCUT2D eigenvalue weighted by molar-refractivity contribution is 1.13. The van der Waals surface area contributed by atoms with Gasteiger partial charge in [-0.15, -0.1) is 0 Å². The van der Waals surface area contributed by atoms with Crippen LogP contribution in [0.2, 0.25) is 0 Å². The zero-order chi connectivity index (χ0) is 15.9. The summed E-state index contributed by atoms with van der Waals surface area (Å²) in [7, 11) is 0. The van der Waals surface area contributed by atoms with Crippen molar-refractivity contribution in [3.63, 3.8) is 0 Å². The summed E-state index contributed by atoms with van der Waals surface area (Å²) in [5.41, 5.74) is 6.89. The van der Waals surface area contributed by atoms with Gasteiger partial charge >= 0.3 is 0 Å². The minimum atomic E-state index is 0.916. The van der Waals surface area contributed by atoms with Crippen LogP contribution in [0.5, 0.6) is 0 Å². The van der Waals surface area contributed by atoms with Crippen molar-refractivity contribution in [3.8, 4) is 0 Å². The normalized spacial score (nSPS) is 10.6. The van der Waals surface area contributed by atoms with E-state index in [0.29, 0.717) is 0 Å². The van der Waals surface area contributed by atoms with Gasteiger partial charge in [-0.25, -0.2) is 0 Å². The fourth-order valence-corrected chi connectivity index (χ4v) is 2.43. The Kier molecular flexibility index (Phi) is 5.37. The van der Waals surface area contributed by atoms with E-state index in [-0.39, 0.29) is 0 Å². The first-order valence-corrected chi connectivity index (χ1v) is 7.59. The van der Waals surface area contributed by atoms with Gasteiger partial charge in [-0.1, -0.05) is 80.3 Å². The molecule has 0 aliphatic rings. The predicted molar refractivity (Wildman–Crippen MR) is 98.9 cm³/mol. The molecule has 0 aromatic heterocycles. The number of hydrogen-bond acceptors (Lipinski definition) is 1. The lowest BCUT2D eigenvalue weighted by atomic mass is 10.0. The van der Waals surface area contributed by atoms with Gasteiger partial charge in [0.05, 0.1) is 0 Å². The Bertz CT molecular complexity index is 690. The van der Waals surface area contributed by atoms with Crippen LogP contribution in [0.4, 0.5) is 5.69 Å². The van der Waals surface area contributed by atoms with Crippen molar-refractivity contribution in [3.05, 3.63) is 90.0 Å². The number of anilines is 1. The number of nitrogens with one attached hydrogen (secondary N) is 1. The van der Waals surface area contributed by atoms with E-state index >= 15 is 0 Å². The first kappa shape index (κ1) is 15.8. The molecule has 0 heterocycles. The van der Waals surface area contributed by atoms with Crippen LogP contribution >= 0.6 is 0 Å². The van der Waals surface area contributed by atoms with E-state index < -0.39 is 0 Å². The van der Waals surface area contributed by atoms with Crippen LogP contribution in [-0.4, -0.2) is 0 Å². The van der Waals surface area contributed by atoms with Gasteiger partial charge in [-0.05, 0) is 36.1 Å². The molecule has 112 valence electrons. The average molecular weight is 289 g/mol. The lowest BCUT2D eigenvalue weighted by Gasteiger charge is -2.15. The molecule has 2 aromatic rings. The van der Waals surface area contributed by atoms with Crippen molar-refractivity contribution >= 4 is 17.5 Å². The van der Waals surface area contributed by atoms with Gasteiger partial charge in [0.15, 0.2) is 0 Å². The second-order valence-electron chi connectivity index (χ2n) is 5.29. The average Bonchev–Trinajstić information content (AvgIpc) is 2.53. The molecule has 2 aromatic carbocycles. The Morgan fingerprint density at radius 1 is 1.14 bits per heavy atom. The number of benzene rings is 2. The first-order valence-electron chi connectivity index (χ1n) is 7.59. The van der Waals surface area contributed by atoms with E-state index in [9.17, 15) is 0 Å². The molecule has 0 spiro atoms. The van der Waals surface area contributed by atoms with E-state index in [4.69, 9.17) is 0 Å². The highest BCUT2D eigenvalue weighted by Crippen LogP contribution is 2.25.